The molecule has 1 aliphatic heterocycles. The van der Waals surface area contributed by atoms with E-state index in [0.717, 1.165) is 52.3 Å². The summed E-state index contributed by atoms with van der Waals surface area (Å²) in [5, 5.41) is 22.4. The van der Waals surface area contributed by atoms with Crippen molar-refractivity contribution in [1.29, 1.82) is 0 Å². The van der Waals surface area contributed by atoms with Gasteiger partial charge in [-0.25, -0.2) is 0 Å². The van der Waals surface area contributed by atoms with Crippen LogP contribution in [0, 0.1) is 0 Å². The van der Waals surface area contributed by atoms with E-state index in [4.69, 9.17) is 21.1 Å². The Labute approximate surface area is 311 Å². The summed E-state index contributed by atoms with van der Waals surface area (Å²) in [6.07, 6.45) is -0.218. The van der Waals surface area contributed by atoms with Crippen molar-refractivity contribution in [2.75, 3.05) is 32.6 Å². The molecule has 3 atom stereocenters. The maximum atomic E-state index is 14.4. The highest BCUT2D eigenvalue weighted by molar-refractivity contribution is 6.35. The molecule has 2 aromatic carbocycles. The summed E-state index contributed by atoms with van der Waals surface area (Å²) >= 11 is 7.13. The lowest BCUT2D eigenvalue weighted by molar-refractivity contribution is -0.137. The van der Waals surface area contributed by atoms with Crippen molar-refractivity contribution in [2.45, 2.75) is 76.5 Å². The van der Waals surface area contributed by atoms with Gasteiger partial charge >= 0.3 is 6.18 Å². The number of hydrogen-bond acceptors (Lipinski definition) is 9. The molecule has 53 heavy (non-hydrogen) atoms. The zero-order valence-electron chi connectivity index (χ0n) is 29.9. The summed E-state index contributed by atoms with van der Waals surface area (Å²) < 4.78 is 54.5. The second-order valence-corrected chi connectivity index (χ2v) is 13.9. The Morgan fingerprint density at radius 3 is 2.55 bits per heavy atom. The predicted molar refractivity (Wildman–Crippen MR) is 198 cm³/mol. The molecule has 0 bridgehead atoms. The van der Waals surface area contributed by atoms with Gasteiger partial charge in [0.1, 0.15) is 11.6 Å². The van der Waals surface area contributed by atoms with Crippen molar-refractivity contribution in [2.24, 2.45) is 0 Å². The largest absolute Gasteiger partial charge is 0.496 e. The first-order valence-electron chi connectivity index (χ1n) is 17.7. The first-order valence-corrected chi connectivity index (χ1v) is 18.1. The first-order chi connectivity index (χ1) is 25.5. The SMILES string of the molecule is COc1cc(-c2nccc(-c3cccc4c3CCC[C@@H]4Nc3nc(OC)c(CNC[C@H](C)O)cc3C(F)(F)F)c2Cl)ccc1CNC[C@H]1CCC(=O)N1. The van der Waals surface area contributed by atoms with Crippen molar-refractivity contribution in [3.63, 3.8) is 0 Å². The smallest absolute Gasteiger partial charge is 0.419 e. The van der Waals surface area contributed by atoms with Gasteiger partial charge in [0.2, 0.25) is 11.8 Å². The second kappa shape index (κ2) is 16.7. The summed E-state index contributed by atoms with van der Waals surface area (Å²) in [5.74, 6) is 0.516. The van der Waals surface area contributed by atoms with E-state index >= 15 is 0 Å². The number of aromatic nitrogens is 2. The van der Waals surface area contributed by atoms with E-state index in [1.165, 1.54) is 7.11 Å². The lowest BCUT2D eigenvalue weighted by Crippen LogP contribution is -2.35. The Bertz CT molecular complexity index is 1940. The Balaban J connectivity index is 1.27. The first kappa shape index (κ1) is 38.3. The van der Waals surface area contributed by atoms with E-state index in [1.807, 2.05) is 42.5 Å². The lowest BCUT2D eigenvalue weighted by Gasteiger charge is -2.30. The minimum Gasteiger partial charge on any atom is -0.496 e. The number of aliphatic hydroxyl groups excluding tert-OH is 1. The Hall–Kier alpha value is -4.43. The van der Waals surface area contributed by atoms with Crippen LogP contribution >= 0.6 is 11.6 Å². The lowest BCUT2D eigenvalue weighted by atomic mass is 9.83. The van der Waals surface area contributed by atoms with Crippen molar-refractivity contribution in [3.05, 3.63) is 87.6 Å². The van der Waals surface area contributed by atoms with Gasteiger partial charge in [0, 0.05) is 67.1 Å². The van der Waals surface area contributed by atoms with Gasteiger partial charge in [-0.2, -0.15) is 18.2 Å². The van der Waals surface area contributed by atoms with Crippen molar-refractivity contribution >= 4 is 23.3 Å². The molecule has 5 N–H and O–H groups in total. The molecule has 0 spiro atoms. The van der Waals surface area contributed by atoms with E-state index in [-0.39, 0.29) is 42.3 Å². The summed E-state index contributed by atoms with van der Waals surface area (Å²) in [6, 6.07) is 14.2. The minimum absolute atomic E-state index is 0.0468. The number of carbonyl (C=O) groups excluding carboxylic acids is 1. The highest BCUT2D eigenvalue weighted by Gasteiger charge is 2.37. The number of nitrogens with zero attached hydrogens (tertiary/aromatic N) is 2. The quantitative estimate of drug-likeness (QED) is 0.0942. The van der Waals surface area contributed by atoms with Crippen molar-refractivity contribution in [3.8, 4) is 34.0 Å². The van der Waals surface area contributed by atoms with Gasteiger partial charge in [0.15, 0.2) is 0 Å². The maximum Gasteiger partial charge on any atom is 0.419 e. The third-order valence-corrected chi connectivity index (χ3v) is 10.0. The highest BCUT2D eigenvalue weighted by atomic mass is 35.5. The molecule has 0 radical (unpaired) electrons. The summed E-state index contributed by atoms with van der Waals surface area (Å²) in [5.41, 5.74) is 5.16. The van der Waals surface area contributed by atoms with Crippen LogP contribution in [-0.4, -0.2) is 60.4 Å². The van der Waals surface area contributed by atoms with Gasteiger partial charge in [-0.1, -0.05) is 41.9 Å². The highest BCUT2D eigenvalue weighted by Crippen LogP contribution is 2.44. The Morgan fingerprint density at radius 1 is 1.02 bits per heavy atom. The fraction of sp³-hybridized carbons (Fsp3) is 0.410. The molecular formula is C39H44ClF3N6O4. The Kier molecular flexibility index (Phi) is 12.1. The molecule has 2 aliphatic rings. The molecule has 0 unspecified atom stereocenters. The van der Waals surface area contributed by atoms with Crippen LogP contribution in [0.1, 0.15) is 66.5 Å². The van der Waals surface area contributed by atoms with E-state index in [1.54, 1.807) is 20.2 Å². The molecule has 2 aromatic heterocycles. The summed E-state index contributed by atoms with van der Waals surface area (Å²) in [6.45, 7) is 3.06. The fourth-order valence-electron chi connectivity index (χ4n) is 7.10. The van der Waals surface area contributed by atoms with Gasteiger partial charge in [0.05, 0.1) is 42.6 Å². The van der Waals surface area contributed by atoms with Gasteiger partial charge < -0.3 is 35.8 Å². The molecule has 0 saturated carbocycles. The van der Waals surface area contributed by atoms with Crippen LogP contribution in [0.25, 0.3) is 22.4 Å². The van der Waals surface area contributed by atoms with Crippen molar-refractivity contribution in [1.82, 2.24) is 25.9 Å². The fourth-order valence-corrected chi connectivity index (χ4v) is 7.42. The molecule has 1 fully saturated rings. The van der Waals surface area contributed by atoms with E-state index in [9.17, 15) is 23.1 Å². The molecule has 282 valence electrons. The molecule has 1 aliphatic carbocycles. The van der Waals surface area contributed by atoms with E-state index in [2.05, 4.69) is 31.2 Å². The van der Waals surface area contributed by atoms with E-state index in [0.29, 0.717) is 48.8 Å². The van der Waals surface area contributed by atoms with Crippen LogP contribution in [0.4, 0.5) is 19.0 Å². The average Bonchev–Trinajstić information content (AvgIpc) is 3.56. The number of hydrogen-bond donors (Lipinski definition) is 5. The van der Waals surface area contributed by atoms with E-state index < -0.39 is 23.9 Å². The normalized spacial score (nSPS) is 17.6. The van der Waals surface area contributed by atoms with Gasteiger partial charge in [0.25, 0.3) is 0 Å². The van der Waals surface area contributed by atoms with Crippen LogP contribution in [0.2, 0.25) is 5.02 Å². The molecular weight excluding hydrogens is 709 g/mol. The number of fused-ring (bicyclic) bond motifs is 1. The molecule has 3 heterocycles. The number of carbonyl (C=O) groups is 1. The number of anilines is 1. The van der Waals surface area contributed by atoms with Crippen molar-refractivity contribution < 1.29 is 32.5 Å². The van der Waals surface area contributed by atoms with Crippen LogP contribution < -0.4 is 30.7 Å². The van der Waals surface area contributed by atoms with Crippen LogP contribution in [0.15, 0.2) is 54.7 Å². The number of amides is 1. The van der Waals surface area contributed by atoms with Crippen LogP contribution in [0.5, 0.6) is 11.6 Å². The molecule has 6 rings (SSSR count). The summed E-state index contributed by atoms with van der Waals surface area (Å²) in [4.78, 5) is 20.5. The zero-order valence-corrected chi connectivity index (χ0v) is 30.6. The average molecular weight is 753 g/mol. The number of aliphatic hydroxyl groups is 1. The third-order valence-electron chi connectivity index (χ3n) is 9.66. The number of alkyl halides is 3. The van der Waals surface area contributed by atoms with Crippen LogP contribution in [-0.2, 0) is 30.5 Å². The molecule has 1 saturated heterocycles. The topological polar surface area (TPSA) is 130 Å². The summed E-state index contributed by atoms with van der Waals surface area (Å²) in [7, 11) is 2.98. The number of methoxy groups -OCH3 is 2. The van der Waals surface area contributed by atoms with Crippen LogP contribution in [0.3, 0.4) is 0 Å². The van der Waals surface area contributed by atoms with Gasteiger partial charge in [-0.3, -0.25) is 9.78 Å². The molecule has 14 heteroatoms. The minimum atomic E-state index is -4.67. The maximum absolute atomic E-state index is 14.4. The Morgan fingerprint density at radius 2 is 1.83 bits per heavy atom. The second-order valence-electron chi connectivity index (χ2n) is 13.5. The molecule has 1 amide bonds. The number of benzene rings is 2. The number of ether oxygens (including phenoxy) is 2. The predicted octanol–water partition coefficient (Wildman–Crippen LogP) is 6.83. The number of rotatable bonds is 14. The number of nitrogens with one attached hydrogen (secondary N) is 4. The number of pyridine rings is 2. The van der Waals surface area contributed by atoms with Gasteiger partial charge in [-0.05, 0) is 67.5 Å². The molecule has 10 nitrogen and oxygen atoms in total. The standard InChI is InChI=1S/C39H44ClF3N6O4/c1-22(50)18-44-20-25-16-31(39(41,42)43)37(49-38(25)53-3)48-32-9-5-7-27-28(6-4-8-29(27)32)30-14-15-46-36(35(30)40)23-10-11-24(33(17-23)52-2)19-45-21-26-12-13-34(51)47-26/h4,6,8,10-11,14-17,22,26,32,44-45,50H,5,7,9,12-13,18-21H2,1-3H3,(H,47,51)(H,48,49)/t22-,26+,32-/m0/s1. The zero-order chi connectivity index (χ0) is 37.7. The molecule has 4 aromatic rings. The number of halogens is 4. The third kappa shape index (κ3) is 8.86. The monoisotopic (exact) mass is 752 g/mol. The van der Waals surface area contributed by atoms with Gasteiger partial charge in [-0.15, -0.1) is 0 Å².